The van der Waals surface area contributed by atoms with E-state index >= 15 is 0 Å². The summed E-state index contributed by atoms with van der Waals surface area (Å²) in [5.41, 5.74) is -0.00664. The van der Waals surface area contributed by atoms with Crippen LogP contribution in [0.5, 0.6) is 5.75 Å². The highest BCUT2D eigenvalue weighted by Crippen LogP contribution is 2.24. The van der Waals surface area contributed by atoms with Crippen LogP contribution in [0.4, 0.5) is 10.1 Å². The first-order valence-corrected chi connectivity index (χ1v) is 7.24. The number of amides is 1. The van der Waals surface area contributed by atoms with Crippen molar-refractivity contribution < 1.29 is 18.3 Å². The minimum absolute atomic E-state index is 0.116. The van der Waals surface area contributed by atoms with Crippen molar-refractivity contribution in [3.8, 4) is 5.75 Å². The summed E-state index contributed by atoms with van der Waals surface area (Å²) >= 11 is 5.69. The summed E-state index contributed by atoms with van der Waals surface area (Å²) in [7, 11) is 1.48. The minimum atomic E-state index is -0.668. The second-order valence-electron chi connectivity index (χ2n) is 4.92. The second kappa shape index (κ2) is 6.33. The van der Waals surface area contributed by atoms with Gasteiger partial charge in [-0.2, -0.15) is 0 Å². The van der Waals surface area contributed by atoms with Crippen LogP contribution >= 0.6 is 11.6 Å². The van der Waals surface area contributed by atoms with E-state index in [4.69, 9.17) is 20.8 Å². The molecule has 0 unspecified atom stereocenters. The Balaban J connectivity index is 2.02. The molecule has 24 heavy (non-hydrogen) atoms. The van der Waals surface area contributed by atoms with Gasteiger partial charge in [-0.05, 0) is 30.3 Å². The number of benzene rings is 2. The molecule has 3 aromatic rings. The van der Waals surface area contributed by atoms with Crippen LogP contribution in [0.2, 0.25) is 5.02 Å². The fourth-order valence-electron chi connectivity index (χ4n) is 2.23. The number of anilines is 1. The van der Waals surface area contributed by atoms with Gasteiger partial charge in [0.1, 0.15) is 17.1 Å². The van der Waals surface area contributed by atoms with Crippen LogP contribution in [0.3, 0.4) is 0 Å². The molecule has 5 nitrogen and oxygen atoms in total. The van der Waals surface area contributed by atoms with E-state index in [1.807, 2.05) is 0 Å². The predicted molar refractivity (Wildman–Crippen MR) is 88.4 cm³/mol. The number of fused-ring (bicyclic) bond motifs is 1. The Kier molecular flexibility index (Phi) is 4.22. The summed E-state index contributed by atoms with van der Waals surface area (Å²) in [5, 5.41) is 2.90. The van der Waals surface area contributed by atoms with Crippen molar-refractivity contribution in [2.24, 2.45) is 0 Å². The van der Waals surface area contributed by atoms with Gasteiger partial charge in [0, 0.05) is 23.2 Å². The molecular formula is C17H11ClFNO4. The zero-order valence-electron chi connectivity index (χ0n) is 12.4. The van der Waals surface area contributed by atoms with Gasteiger partial charge in [-0.3, -0.25) is 4.79 Å². The van der Waals surface area contributed by atoms with Gasteiger partial charge in [0.05, 0.1) is 17.7 Å². The van der Waals surface area contributed by atoms with Gasteiger partial charge in [0.15, 0.2) is 0 Å². The van der Waals surface area contributed by atoms with E-state index in [0.29, 0.717) is 16.8 Å². The van der Waals surface area contributed by atoms with Crippen LogP contribution in [0.15, 0.2) is 51.7 Å². The van der Waals surface area contributed by atoms with Crippen molar-refractivity contribution in [2.45, 2.75) is 0 Å². The molecule has 0 saturated carbocycles. The predicted octanol–water partition coefficient (Wildman–Crippen LogP) is 3.85. The standard InChI is InChI=1S/C17H11ClFNO4/c1-23-10-3-4-11-12(8-16(21)24-15(11)7-10)17(22)20-9-2-5-14(19)13(18)6-9/h2-8H,1H3,(H,20,22). The summed E-state index contributed by atoms with van der Waals surface area (Å²) in [5.74, 6) is -0.637. The lowest BCUT2D eigenvalue weighted by Crippen LogP contribution is -2.15. The molecule has 2 aromatic carbocycles. The zero-order chi connectivity index (χ0) is 17.3. The molecule has 1 heterocycles. The summed E-state index contributed by atoms with van der Waals surface area (Å²) in [6, 6.07) is 9.66. The van der Waals surface area contributed by atoms with Crippen molar-refractivity contribution in [3.63, 3.8) is 0 Å². The largest absolute Gasteiger partial charge is 0.497 e. The van der Waals surface area contributed by atoms with Gasteiger partial charge < -0.3 is 14.5 Å². The quantitative estimate of drug-likeness (QED) is 0.731. The first-order valence-electron chi connectivity index (χ1n) is 6.86. The molecule has 7 heteroatoms. The maximum absolute atomic E-state index is 13.2. The summed E-state index contributed by atoms with van der Waals surface area (Å²) in [6.07, 6.45) is 0. The normalized spacial score (nSPS) is 10.6. The number of hydrogen-bond donors (Lipinski definition) is 1. The third kappa shape index (κ3) is 3.09. The van der Waals surface area contributed by atoms with Crippen molar-refractivity contribution in [1.82, 2.24) is 0 Å². The molecule has 0 spiro atoms. The van der Waals surface area contributed by atoms with E-state index in [0.717, 1.165) is 12.1 Å². The summed E-state index contributed by atoms with van der Waals surface area (Å²) < 4.78 is 23.3. The molecule has 3 rings (SSSR count). The number of carbonyl (C=O) groups excluding carboxylic acids is 1. The molecular weight excluding hydrogens is 337 g/mol. The van der Waals surface area contributed by atoms with Crippen LogP contribution in [0.25, 0.3) is 11.0 Å². The zero-order valence-corrected chi connectivity index (χ0v) is 13.2. The third-order valence-electron chi connectivity index (χ3n) is 3.37. The summed E-state index contributed by atoms with van der Waals surface area (Å²) in [4.78, 5) is 24.2. The Morgan fingerprint density at radius 2 is 2.00 bits per heavy atom. The molecule has 0 aliphatic carbocycles. The Morgan fingerprint density at radius 1 is 1.21 bits per heavy atom. The topological polar surface area (TPSA) is 68.5 Å². The minimum Gasteiger partial charge on any atom is -0.497 e. The van der Waals surface area contributed by atoms with Crippen LogP contribution < -0.4 is 15.7 Å². The molecule has 0 bridgehead atoms. The molecule has 0 fully saturated rings. The number of carbonyl (C=O) groups is 1. The lowest BCUT2D eigenvalue weighted by Gasteiger charge is -2.08. The lowest BCUT2D eigenvalue weighted by molar-refractivity contribution is 0.102. The van der Waals surface area contributed by atoms with E-state index in [1.165, 1.54) is 25.3 Å². The fraction of sp³-hybridized carbons (Fsp3) is 0.0588. The Hall–Kier alpha value is -2.86. The summed E-state index contributed by atoms with van der Waals surface area (Å²) in [6.45, 7) is 0. The Morgan fingerprint density at radius 3 is 2.71 bits per heavy atom. The van der Waals surface area contributed by atoms with Crippen LogP contribution in [0, 0.1) is 5.82 Å². The number of ether oxygens (including phenoxy) is 1. The fourth-order valence-corrected chi connectivity index (χ4v) is 2.41. The Labute approximate surface area is 140 Å². The van der Waals surface area contributed by atoms with E-state index in [1.54, 1.807) is 12.1 Å². The van der Waals surface area contributed by atoms with E-state index in [9.17, 15) is 14.0 Å². The average molecular weight is 348 g/mol. The van der Waals surface area contributed by atoms with Gasteiger partial charge in [-0.1, -0.05) is 11.6 Å². The van der Waals surface area contributed by atoms with Crippen molar-refractivity contribution in [3.05, 3.63) is 69.3 Å². The van der Waals surface area contributed by atoms with E-state index in [2.05, 4.69) is 5.32 Å². The third-order valence-corrected chi connectivity index (χ3v) is 3.66. The average Bonchev–Trinajstić information content (AvgIpc) is 2.56. The van der Waals surface area contributed by atoms with Crippen molar-refractivity contribution >= 4 is 34.2 Å². The molecule has 0 aliphatic heterocycles. The number of methoxy groups -OCH3 is 1. The van der Waals surface area contributed by atoms with Gasteiger partial charge in [0.2, 0.25) is 0 Å². The van der Waals surface area contributed by atoms with Gasteiger partial charge in [-0.25, -0.2) is 9.18 Å². The van der Waals surface area contributed by atoms with E-state index in [-0.39, 0.29) is 16.2 Å². The molecule has 0 atom stereocenters. The van der Waals surface area contributed by atoms with Gasteiger partial charge in [-0.15, -0.1) is 0 Å². The van der Waals surface area contributed by atoms with Crippen LogP contribution in [-0.4, -0.2) is 13.0 Å². The highest BCUT2D eigenvalue weighted by Gasteiger charge is 2.14. The smallest absolute Gasteiger partial charge is 0.337 e. The highest BCUT2D eigenvalue weighted by atomic mass is 35.5. The number of nitrogens with one attached hydrogen (secondary N) is 1. The number of hydrogen-bond acceptors (Lipinski definition) is 4. The lowest BCUT2D eigenvalue weighted by atomic mass is 10.1. The first-order chi connectivity index (χ1) is 11.5. The first kappa shape index (κ1) is 16.0. The molecule has 122 valence electrons. The molecule has 1 aromatic heterocycles. The SMILES string of the molecule is COc1ccc2c(C(=O)Nc3ccc(F)c(Cl)c3)cc(=O)oc2c1. The monoisotopic (exact) mass is 347 g/mol. The van der Waals surface area contributed by atoms with Crippen molar-refractivity contribution in [2.75, 3.05) is 12.4 Å². The molecule has 1 N–H and O–H groups in total. The number of rotatable bonds is 3. The van der Waals surface area contributed by atoms with Crippen LogP contribution in [-0.2, 0) is 0 Å². The second-order valence-corrected chi connectivity index (χ2v) is 5.33. The highest BCUT2D eigenvalue weighted by molar-refractivity contribution is 6.31. The van der Waals surface area contributed by atoms with Crippen molar-refractivity contribution in [1.29, 1.82) is 0 Å². The van der Waals surface area contributed by atoms with Gasteiger partial charge in [0.25, 0.3) is 5.91 Å². The maximum atomic E-state index is 13.2. The maximum Gasteiger partial charge on any atom is 0.337 e. The van der Waals surface area contributed by atoms with Crippen LogP contribution in [0.1, 0.15) is 10.4 Å². The molecule has 0 saturated heterocycles. The molecule has 0 aliphatic rings. The van der Waals surface area contributed by atoms with E-state index < -0.39 is 17.3 Å². The molecule has 0 radical (unpaired) electrons. The molecule has 1 amide bonds. The van der Waals surface area contributed by atoms with Gasteiger partial charge >= 0.3 is 5.63 Å². The Bertz CT molecular complexity index is 1000. The number of halogens is 2.